The zero-order valence-electron chi connectivity index (χ0n) is 11.5. The molecule has 0 saturated carbocycles. The van der Waals surface area contributed by atoms with Gasteiger partial charge in [0, 0.05) is 16.6 Å². The van der Waals surface area contributed by atoms with Crippen LogP contribution in [0.2, 0.25) is 5.02 Å². The molecule has 0 heterocycles. The number of rotatable bonds is 5. The molecule has 0 radical (unpaired) electrons. The van der Waals surface area contributed by atoms with Crippen molar-refractivity contribution in [1.29, 1.82) is 0 Å². The van der Waals surface area contributed by atoms with Gasteiger partial charge < -0.3 is 15.2 Å². The maximum Gasteiger partial charge on any atom is 0.124 e. The molecule has 0 bridgehead atoms. The molecule has 0 aliphatic heterocycles. The number of hydrogen-bond acceptors (Lipinski definition) is 3. The van der Waals surface area contributed by atoms with Gasteiger partial charge in [-0.25, -0.2) is 0 Å². The third kappa shape index (κ3) is 5.25. The van der Waals surface area contributed by atoms with Gasteiger partial charge in [-0.05, 0) is 45.9 Å². The van der Waals surface area contributed by atoms with Gasteiger partial charge in [-0.1, -0.05) is 11.6 Å². The lowest BCUT2D eigenvalue weighted by Crippen LogP contribution is -2.22. The molecule has 1 atom stereocenters. The molecule has 1 unspecified atom stereocenters. The van der Waals surface area contributed by atoms with Crippen LogP contribution >= 0.6 is 11.6 Å². The number of benzene rings is 1. The molecule has 0 aliphatic carbocycles. The second-order valence-electron chi connectivity index (χ2n) is 5.28. The van der Waals surface area contributed by atoms with E-state index >= 15 is 0 Å². The number of nitrogens with two attached hydrogens (primary N) is 1. The van der Waals surface area contributed by atoms with Crippen LogP contribution in [0.4, 0.5) is 0 Å². The maximum atomic E-state index is 5.95. The zero-order chi connectivity index (χ0) is 13.8. The first-order valence-corrected chi connectivity index (χ1v) is 6.49. The van der Waals surface area contributed by atoms with Gasteiger partial charge in [0.2, 0.25) is 0 Å². The Balaban J connectivity index is 2.57. The van der Waals surface area contributed by atoms with Crippen LogP contribution in [0.3, 0.4) is 0 Å². The summed E-state index contributed by atoms with van der Waals surface area (Å²) in [5.41, 5.74) is 6.66. The summed E-state index contributed by atoms with van der Waals surface area (Å²) >= 11 is 5.95. The van der Waals surface area contributed by atoms with E-state index in [1.807, 2.05) is 39.8 Å². The molecular formula is C14H22ClNO2. The lowest BCUT2D eigenvalue weighted by Gasteiger charge is -2.20. The van der Waals surface area contributed by atoms with Gasteiger partial charge >= 0.3 is 0 Å². The molecule has 0 aromatic heterocycles. The van der Waals surface area contributed by atoms with Crippen molar-refractivity contribution in [1.82, 2.24) is 0 Å². The van der Waals surface area contributed by atoms with E-state index in [9.17, 15) is 0 Å². The van der Waals surface area contributed by atoms with E-state index in [4.69, 9.17) is 26.8 Å². The smallest absolute Gasteiger partial charge is 0.124 e. The second kappa shape index (κ2) is 6.41. The van der Waals surface area contributed by atoms with Gasteiger partial charge in [0.05, 0.1) is 12.2 Å². The van der Waals surface area contributed by atoms with Crippen molar-refractivity contribution >= 4 is 11.6 Å². The maximum absolute atomic E-state index is 5.95. The molecule has 0 fully saturated rings. The summed E-state index contributed by atoms with van der Waals surface area (Å²) in [6.45, 7) is 9.00. The monoisotopic (exact) mass is 271 g/mol. The molecule has 4 heteroatoms. The molecule has 0 spiro atoms. The average Bonchev–Trinajstić information content (AvgIpc) is 2.24. The SMILES string of the molecule is CC(N)c1cc(Cl)ccc1OCCOC(C)(C)C. The van der Waals surface area contributed by atoms with Crippen LogP contribution in [0.5, 0.6) is 5.75 Å². The fraction of sp³-hybridized carbons (Fsp3) is 0.571. The van der Waals surface area contributed by atoms with Crippen molar-refractivity contribution in [2.24, 2.45) is 5.73 Å². The standard InChI is InChI=1S/C14H22ClNO2/c1-10(16)12-9-11(15)5-6-13(12)17-7-8-18-14(2,3)4/h5-6,9-10H,7-8,16H2,1-4H3. The quantitative estimate of drug-likeness (QED) is 0.833. The summed E-state index contributed by atoms with van der Waals surface area (Å²) in [7, 11) is 0. The molecule has 102 valence electrons. The van der Waals surface area contributed by atoms with Crippen molar-refractivity contribution < 1.29 is 9.47 Å². The van der Waals surface area contributed by atoms with Crippen LogP contribution in [-0.4, -0.2) is 18.8 Å². The molecule has 1 aromatic carbocycles. The predicted octanol–water partition coefficient (Wildman–Crippen LogP) is 3.55. The Morgan fingerprint density at radius 1 is 1.28 bits per heavy atom. The molecule has 2 N–H and O–H groups in total. The minimum Gasteiger partial charge on any atom is -0.491 e. The normalized spacial score (nSPS) is 13.4. The van der Waals surface area contributed by atoms with Gasteiger partial charge in [0.15, 0.2) is 0 Å². The zero-order valence-corrected chi connectivity index (χ0v) is 12.3. The van der Waals surface area contributed by atoms with Gasteiger partial charge in [0.25, 0.3) is 0 Å². The molecule has 3 nitrogen and oxygen atoms in total. The molecule has 0 amide bonds. The molecule has 1 aromatic rings. The Morgan fingerprint density at radius 3 is 2.50 bits per heavy atom. The largest absolute Gasteiger partial charge is 0.491 e. The van der Waals surface area contributed by atoms with Crippen LogP contribution in [0, 0.1) is 0 Å². The summed E-state index contributed by atoms with van der Waals surface area (Å²) < 4.78 is 11.3. The summed E-state index contributed by atoms with van der Waals surface area (Å²) in [4.78, 5) is 0. The predicted molar refractivity (Wildman–Crippen MR) is 75.3 cm³/mol. The fourth-order valence-corrected chi connectivity index (χ4v) is 1.69. The Hall–Kier alpha value is -0.770. The minimum atomic E-state index is -0.145. The first-order valence-electron chi connectivity index (χ1n) is 6.11. The third-order valence-electron chi connectivity index (χ3n) is 2.34. The Morgan fingerprint density at radius 2 is 1.94 bits per heavy atom. The van der Waals surface area contributed by atoms with Crippen molar-refractivity contribution in [3.63, 3.8) is 0 Å². The van der Waals surface area contributed by atoms with E-state index in [0.717, 1.165) is 11.3 Å². The van der Waals surface area contributed by atoms with Gasteiger partial charge in [-0.3, -0.25) is 0 Å². The van der Waals surface area contributed by atoms with Crippen LogP contribution in [0.25, 0.3) is 0 Å². The van der Waals surface area contributed by atoms with Crippen molar-refractivity contribution in [2.45, 2.75) is 39.3 Å². The summed E-state index contributed by atoms with van der Waals surface area (Å²) in [6.07, 6.45) is 0. The topological polar surface area (TPSA) is 44.5 Å². The third-order valence-corrected chi connectivity index (χ3v) is 2.57. The van der Waals surface area contributed by atoms with Crippen molar-refractivity contribution in [2.75, 3.05) is 13.2 Å². The summed E-state index contributed by atoms with van der Waals surface area (Å²) in [5, 5.41) is 0.667. The number of ether oxygens (including phenoxy) is 2. The Labute approximate surface area is 114 Å². The van der Waals surface area contributed by atoms with Gasteiger partial charge in [-0.15, -0.1) is 0 Å². The van der Waals surface area contributed by atoms with E-state index in [2.05, 4.69) is 0 Å². The molecule has 0 aliphatic rings. The first-order chi connectivity index (χ1) is 8.29. The lowest BCUT2D eigenvalue weighted by molar-refractivity contribution is -0.0164. The molecule has 18 heavy (non-hydrogen) atoms. The van der Waals surface area contributed by atoms with E-state index in [0.29, 0.717) is 18.2 Å². The molecule has 1 rings (SSSR count). The summed E-state index contributed by atoms with van der Waals surface area (Å²) in [5.74, 6) is 0.770. The average molecular weight is 272 g/mol. The number of halogens is 1. The van der Waals surface area contributed by atoms with Crippen molar-refractivity contribution in [3.8, 4) is 5.75 Å². The highest BCUT2D eigenvalue weighted by Crippen LogP contribution is 2.27. The van der Waals surface area contributed by atoms with Gasteiger partial charge in [-0.2, -0.15) is 0 Å². The lowest BCUT2D eigenvalue weighted by atomic mass is 10.1. The summed E-state index contributed by atoms with van der Waals surface area (Å²) in [6, 6.07) is 5.37. The van der Waals surface area contributed by atoms with Gasteiger partial charge in [0.1, 0.15) is 12.4 Å². The van der Waals surface area contributed by atoms with E-state index in [-0.39, 0.29) is 11.6 Å². The van der Waals surface area contributed by atoms with Crippen LogP contribution in [0.15, 0.2) is 18.2 Å². The van der Waals surface area contributed by atoms with E-state index in [1.165, 1.54) is 0 Å². The van der Waals surface area contributed by atoms with Crippen molar-refractivity contribution in [3.05, 3.63) is 28.8 Å². The highest BCUT2D eigenvalue weighted by molar-refractivity contribution is 6.30. The highest BCUT2D eigenvalue weighted by atomic mass is 35.5. The van der Waals surface area contributed by atoms with E-state index in [1.54, 1.807) is 6.07 Å². The molecule has 0 saturated heterocycles. The number of hydrogen-bond donors (Lipinski definition) is 1. The van der Waals surface area contributed by atoms with E-state index < -0.39 is 0 Å². The fourth-order valence-electron chi connectivity index (χ4n) is 1.51. The van der Waals surface area contributed by atoms with Crippen LogP contribution in [0.1, 0.15) is 39.3 Å². The van der Waals surface area contributed by atoms with Crippen LogP contribution in [-0.2, 0) is 4.74 Å². The highest BCUT2D eigenvalue weighted by Gasteiger charge is 2.11. The Bertz CT molecular complexity index is 386. The minimum absolute atomic E-state index is 0.109. The van der Waals surface area contributed by atoms with Crippen LogP contribution < -0.4 is 10.5 Å². The Kier molecular flexibility index (Phi) is 5.45. The second-order valence-corrected chi connectivity index (χ2v) is 5.72. The first kappa shape index (κ1) is 15.3. The molecular weight excluding hydrogens is 250 g/mol.